The lowest BCUT2D eigenvalue weighted by molar-refractivity contribution is 0.552. The van der Waals surface area contributed by atoms with Crippen molar-refractivity contribution in [2.24, 2.45) is 13.0 Å². The summed E-state index contributed by atoms with van der Waals surface area (Å²) < 4.78 is 38.7. The predicted molar refractivity (Wildman–Crippen MR) is 95.1 cm³/mol. The molecular formula is C16H16FN5O2S2. The molecule has 3 aromatic rings. The van der Waals surface area contributed by atoms with Crippen molar-refractivity contribution in [3.05, 3.63) is 36.2 Å². The zero-order chi connectivity index (χ0) is 18.3. The fraction of sp³-hybridized carbons (Fsp3) is 0.375. The van der Waals surface area contributed by atoms with Gasteiger partial charge in [-0.25, -0.2) is 22.8 Å². The van der Waals surface area contributed by atoms with E-state index in [0.29, 0.717) is 33.9 Å². The maximum absolute atomic E-state index is 13.6. The monoisotopic (exact) mass is 393 g/mol. The Morgan fingerprint density at radius 2 is 2.15 bits per heavy atom. The van der Waals surface area contributed by atoms with Crippen LogP contribution in [0.4, 0.5) is 4.39 Å². The van der Waals surface area contributed by atoms with E-state index in [2.05, 4.69) is 20.2 Å². The Labute approximate surface area is 154 Å². The molecule has 3 heterocycles. The van der Waals surface area contributed by atoms with Gasteiger partial charge in [-0.3, -0.25) is 0 Å². The average Bonchev–Trinajstić information content (AvgIpc) is 3.11. The van der Waals surface area contributed by atoms with E-state index in [1.54, 1.807) is 6.07 Å². The van der Waals surface area contributed by atoms with Crippen molar-refractivity contribution in [1.82, 2.24) is 24.7 Å². The minimum Gasteiger partial charge on any atom is -0.309 e. The van der Waals surface area contributed by atoms with E-state index < -0.39 is 9.84 Å². The number of hydrogen-bond donors (Lipinski definition) is 0. The zero-order valence-electron chi connectivity index (χ0n) is 14.0. The van der Waals surface area contributed by atoms with E-state index in [9.17, 15) is 12.8 Å². The van der Waals surface area contributed by atoms with Gasteiger partial charge < -0.3 is 4.57 Å². The third-order valence-electron chi connectivity index (χ3n) is 4.47. The third-order valence-corrected chi connectivity index (χ3v) is 7.37. The van der Waals surface area contributed by atoms with Gasteiger partial charge in [0.05, 0.1) is 17.0 Å². The number of hydrogen-bond acceptors (Lipinski definition) is 7. The van der Waals surface area contributed by atoms with Crippen LogP contribution in [0.2, 0.25) is 0 Å². The Morgan fingerprint density at radius 1 is 1.31 bits per heavy atom. The smallest absolute Gasteiger partial charge is 0.197 e. The van der Waals surface area contributed by atoms with Crippen molar-refractivity contribution in [2.75, 3.05) is 11.5 Å². The summed E-state index contributed by atoms with van der Waals surface area (Å²) in [7, 11) is -1.08. The second kappa shape index (κ2) is 6.58. The molecule has 0 bridgehead atoms. The van der Waals surface area contributed by atoms with Crippen molar-refractivity contribution in [1.29, 1.82) is 0 Å². The standard InChI is InChI=1S/C16H16FN5O2S2/c1-22-14(6-10-4-5-26(23,24)8-10)20-21-16(22)25-15-12-7-11(17)2-3-13(12)18-9-19-15/h2-3,7,9-10H,4-6,8H2,1H3. The first kappa shape index (κ1) is 17.3. The van der Waals surface area contributed by atoms with Gasteiger partial charge in [-0.05, 0) is 42.3 Å². The van der Waals surface area contributed by atoms with Gasteiger partial charge in [0.2, 0.25) is 0 Å². The van der Waals surface area contributed by atoms with Gasteiger partial charge >= 0.3 is 0 Å². The van der Waals surface area contributed by atoms with Crippen LogP contribution >= 0.6 is 11.8 Å². The second-order valence-corrected chi connectivity index (χ2v) is 9.56. The van der Waals surface area contributed by atoms with Gasteiger partial charge in [-0.15, -0.1) is 10.2 Å². The quantitative estimate of drug-likeness (QED) is 0.626. The van der Waals surface area contributed by atoms with Crippen LogP contribution in [-0.2, 0) is 23.3 Å². The molecule has 136 valence electrons. The van der Waals surface area contributed by atoms with E-state index >= 15 is 0 Å². The molecule has 10 heteroatoms. The molecule has 1 aliphatic heterocycles. The Hall–Kier alpha value is -2.07. The van der Waals surface area contributed by atoms with Crippen LogP contribution in [0.15, 0.2) is 34.7 Å². The lowest BCUT2D eigenvalue weighted by Crippen LogP contribution is -2.11. The molecule has 1 saturated heterocycles. The number of nitrogens with zero attached hydrogens (tertiary/aromatic N) is 5. The van der Waals surface area contributed by atoms with Crippen molar-refractivity contribution in [3.63, 3.8) is 0 Å². The van der Waals surface area contributed by atoms with Gasteiger partial charge in [-0.2, -0.15) is 0 Å². The molecule has 1 aromatic carbocycles. The molecule has 0 radical (unpaired) electrons. The molecule has 2 aromatic heterocycles. The number of aromatic nitrogens is 5. The summed E-state index contributed by atoms with van der Waals surface area (Å²) in [5.41, 5.74) is 0.655. The molecule has 0 N–H and O–H groups in total. The molecule has 1 fully saturated rings. The number of fused-ring (bicyclic) bond motifs is 1. The van der Waals surface area contributed by atoms with Crippen LogP contribution in [0, 0.1) is 11.7 Å². The number of benzene rings is 1. The Balaban J connectivity index is 1.59. The molecule has 0 amide bonds. The maximum atomic E-state index is 13.6. The Morgan fingerprint density at radius 3 is 2.92 bits per heavy atom. The Kier molecular flexibility index (Phi) is 4.39. The Bertz CT molecular complexity index is 1080. The number of rotatable bonds is 4. The molecule has 1 atom stereocenters. The summed E-state index contributed by atoms with van der Waals surface area (Å²) >= 11 is 1.28. The van der Waals surface area contributed by atoms with Crippen molar-refractivity contribution >= 4 is 32.5 Å². The van der Waals surface area contributed by atoms with Crippen LogP contribution in [0.25, 0.3) is 10.9 Å². The van der Waals surface area contributed by atoms with Gasteiger partial charge in [0.15, 0.2) is 15.0 Å². The summed E-state index contributed by atoms with van der Waals surface area (Å²) in [6.45, 7) is 0. The molecule has 0 aliphatic carbocycles. The highest BCUT2D eigenvalue weighted by molar-refractivity contribution is 7.99. The van der Waals surface area contributed by atoms with Crippen LogP contribution in [0.1, 0.15) is 12.2 Å². The first-order valence-corrected chi connectivity index (χ1v) is 10.7. The minimum atomic E-state index is -2.91. The third kappa shape index (κ3) is 3.43. The SMILES string of the molecule is Cn1c(CC2CCS(=O)(=O)C2)nnc1Sc1ncnc2ccc(F)cc12. The molecule has 0 spiro atoms. The molecule has 26 heavy (non-hydrogen) atoms. The van der Waals surface area contributed by atoms with E-state index in [-0.39, 0.29) is 23.2 Å². The van der Waals surface area contributed by atoms with Crippen molar-refractivity contribution < 1.29 is 12.8 Å². The summed E-state index contributed by atoms with van der Waals surface area (Å²) in [5, 5.41) is 10.2. The topological polar surface area (TPSA) is 90.6 Å². The normalized spacial score (nSPS) is 19.2. The number of sulfone groups is 1. The van der Waals surface area contributed by atoms with Gasteiger partial charge in [-0.1, -0.05) is 0 Å². The van der Waals surface area contributed by atoms with E-state index in [1.807, 2.05) is 11.6 Å². The lowest BCUT2D eigenvalue weighted by atomic mass is 10.1. The molecule has 1 unspecified atom stereocenters. The van der Waals surface area contributed by atoms with Gasteiger partial charge in [0.1, 0.15) is 23.0 Å². The lowest BCUT2D eigenvalue weighted by Gasteiger charge is -2.08. The fourth-order valence-electron chi connectivity index (χ4n) is 3.08. The van der Waals surface area contributed by atoms with Crippen LogP contribution in [-0.4, -0.2) is 44.7 Å². The van der Waals surface area contributed by atoms with E-state index in [0.717, 1.165) is 5.82 Å². The summed E-state index contributed by atoms with van der Waals surface area (Å²) in [4.78, 5) is 8.38. The molecular weight excluding hydrogens is 377 g/mol. The molecule has 1 aliphatic rings. The molecule has 4 rings (SSSR count). The van der Waals surface area contributed by atoms with Crippen molar-refractivity contribution in [2.45, 2.75) is 23.0 Å². The van der Waals surface area contributed by atoms with Gasteiger partial charge in [0.25, 0.3) is 0 Å². The van der Waals surface area contributed by atoms with Gasteiger partial charge in [0, 0.05) is 18.9 Å². The predicted octanol–water partition coefficient (Wildman–Crippen LogP) is 2.03. The molecule has 0 saturated carbocycles. The van der Waals surface area contributed by atoms with Crippen LogP contribution in [0.3, 0.4) is 0 Å². The summed E-state index contributed by atoms with van der Waals surface area (Å²) in [6, 6.07) is 4.37. The number of halogens is 1. The summed E-state index contributed by atoms with van der Waals surface area (Å²) in [5.74, 6) is 0.914. The maximum Gasteiger partial charge on any atom is 0.197 e. The largest absolute Gasteiger partial charge is 0.309 e. The van der Waals surface area contributed by atoms with Crippen LogP contribution < -0.4 is 0 Å². The van der Waals surface area contributed by atoms with E-state index in [4.69, 9.17) is 0 Å². The van der Waals surface area contributed by atoms with Crippen LogP contribution in [0.5, 0.6) is 0 Å². The highest BCUT2D eigenvalue weighted by Crippen LogP contribution is 2.31. The highest BCUT2D eigenvalue weighted by Gasteiger charge is 2.29. The first-order chi connectivity index (χ1) is 12.4. The second-order valence-electron chi connectivity index (χ2n) is 6.37. The average molecular weight is 393 g/mol. The summed E-state index contributed by atoms with van der Waals surface area (Å²) in [6.07, 6.45) is 2.67. The van der Waals surface area contributed by atoms with E-state index in [1.165, 1.54) is 30.2 Å². The molecule has 7 nitrogen and oxygen atoms in total. The fourth-order valence-corrected chi connectivity index (χ4v) is 5.81. The minimum absolute atomic E-state index is 0.0785. The first-order valence-electron chi connectivity index (χ1n) is 8.08. The highest BCUT2D eigenvalue weighted by atomic mass is 32.2. The van der Waals surface area contributed by atoms with Crippen molar-refractivity contribution in [3.8, 4) is 0 Å². The zero-order valence-corrected chi connectivity index (χ0v) is 15.6.